The molecule has 7 nitrogen and oxygen atoms in total. The van der Waals surface area contributed by atoms with Crippen LogP contribution in [0.3, 0.4) is 0 Å². The van der Waals surface area contributed by atoms with Gasteiger partial charge in [-0.05, 0) is 38.7 Å². The number of likely N-dealkylation sites (tertiary alicyclic amines) is 1. The van der Waals surface area contributed by atoms with Crippen LogP contribution in [0.5, 0.6) is 0 Å². The molecule has 1 N–H and O–H groups in total. The van der Waals surface area contributed by atoms with E-state index in [9.17, 15) is 9.59 Å². The molecular weight excluding hydrogens is 366 g/mol. The maximum Gasteiger partial charge on any atom is 0.332 e. The topological polar surface area (TPSA) is 66.3 Å². The van der Waals surface area contributed by atoms with Crippen LogP contribution < -0.4 is 16.1 Å². The standard InChI is InChI=1S/C22H29N5O2/c1-15-8-10-17(11-9-15)13-27-18(14-26-12-6-5-7-16(26)2)23-20-19(27)21(28)25(4)22(29)24(20)3/h8-11,16H,5-7,12-14H2,1-4H3/p+1/t16-/m0/s1. The fourth-order valence-corrected chi connectivity index (χ4v) is 4.39. The molecule has 0 amide bonds. The van der Waals surface area contributed by atoms with Crippen molar-refractivity contribution in [1.29, 1.82) is 0 Å². The smallest absolute Gasteiger partial charge is 0.326 e. The molecule has 0 bridgehead atoms. The zero-order chi connectivity index (χ0) is 20.7. The zero-order valence-electron chi connectivity index (χ0n) is 17.7. The molecule has 3 heterocycles. The first kappa shape index (κ1) is 19.6. The highest BCUT2D eigenvalue weighted by molar-refractivity contribution is 5.71. The maximum absolute atomic E-state index is 13.0. The number of imidazole rings is 1. The van der Waals surface area contributed by atoms with E-state index in [1.807, 2.05) is 4.57 Å². The van der Waals surface area contributed by atoms with Crippen molar-refractivity contribution in [3.8, 4) is 0 Å². The number of rotatable bonds is 4. The first-order chi connectivity index (χ1) is 13.9. The molecule has 1 saturated heterocycles. The van der Waals surface area contributed by atoms with Crippen molar-refractivity contribution in [2.24, 2.45) is 14.1 Å². The van der Waals surface area contributed by atoms with Gasteiger partial charge in [0.15, 0.2) is 17.0 Å². The molecule has 4 rings (SSSR count). The Labute approximate surface area is 170 Å². The van der Waals surface area contributed by atoms with E-state index in [1.165, 1.54) is 45.9 Å². The van der Waals surface area contributed by atoms with Gasteiger partial charge in [0.25, 0.3) is 5.56 Å². The van der Waals surface area contributed by atoms with Gasteiger partial charge in [-0.2, -0.15) is 0 Å². The average Bonchev–Trinajstić information content (AvgIpc) is 3.06. The lowest BCUT2D eigenvalue weighted by Gasteiger charge is -2.30. The Morgan fingerprint density at radius 3 is 2.52 bits per heavy atom. The van der Waals surface area contributed by atoms with Gasteiger partial charge in [0.05, 0.1) is 12.6 Å². The molecule has 29 heavy (non-hydrogen) atoms. The fraction of sp³-hybridized carbons (Fsp3) is 0.500. The van der Waals surface area contributed by atoms with Crippen LogP contribution in [0.15, 0.2) is 33.9 Å². The third-order valence-corrected chi connectivity index (χ3v) is 6.36. The minimum absolute atomic E-state index is 0.282. The number of piperidine rings is 1. The van der Waals surface area contributed by atoms with E-state index >= 15 is 0 Å². The molecule has 1 aliphatic rings. The number of hydrogen-bond acceptors (Lipinski definition) is 3. The largest absolute Gasteiger partial charge is 0.332 e. The van der Waals surface area contributed by atoms with E-state index in [4.69, 9.17) is 4.98 Å². The fourth-order valence-electron chi connectivity index (χ4n) is 4.39. The van der Waals surface area contributed by atoms with Crippen molar-refractivity contribution in [3.05, 3.63) is 62.1 Å². The summed E-state index contributed by atoms with van der Waals surface area (Å²) < 4.78 is 4.69. The van der Waals surface area contributed by atoms with Crippen molar-refractivity contribution in [2.75, 3.05) is 6.54 Å². The minimum atomic E-state index is -0.340. The van der Waals surface area contributed by atoms with E-state index in [1.54, 1.807) is 7.05 Å². The lowest BCUT2D eigenvalue weighted by atomic mass is 10.0. The lowest BCUT2D eigenvalue weighted by Crippen LogP contribution is -3.15. The van der Waals surface area contributed by atoms with Crippen LogP contribution in [-0.4, -0.2) is 31.3 Å². The molecule has 0 spiro atoms. The Bertz CT molecular complexity index is 1150. The van der Waals surface area contributed by atoms with Crippen LogP contribution in [0.2, 0.25) is 0 Å². The van der Waals surface area contributed by atoms with Crippen molar-refractivity contribution >= 4 is 11.2 Å². The van der Waals surface area contributed by atoms with E-state index in [0.29, 0.717) is 23.8 Å². The van der Waals surface area contributed by atoms with Crippen LogP contribution >= 0.6 is 0 Å². The van der Waals surface area contributed by atoms with Crippen LogP contribution in [-0.2, 0) is 27.2 Å². The van der Waals surface area contributed by atoms with Crippen LogP contribution in [0.4, 0.5) is 0 Å². The Morgan fingerprint density at radius 1 is 1.10 bits per heavy atom. The Kier molecular flexibility index (Phi) is 5.17. The summed E-state index contributed by atoms with van der Waals surface area (Å²) in [6.07, 6.45) is 3.71. The number of nitrogens with zero attached hydrogens (tertiary/aromatic N) is 4. The second-order valence-corrected chi connectivity index (χ2v) is 8.46. The zero-order valence-corrected chi connectivity index (χ0v) is 17.7. The summed E-state index contributed by atoms with van der Waals surface area (Å²) >= 11 is 0. The summed E-state index contributed by atoms with van der Waals surface area (Å²) in [5, 5.41) is 0. The van der Waals surface area contributed by atoms with Gasteiger partial charge in [0.2, 0.25) is 0 Å². The molecule has 1 fully saturated rings. The monoisotopic (exact) mass is 396 g/mol. The van der Waals surface area contributed by atoms with Crippen molar-refractivity contribution in [2.45, 2.75) is 52.2 Å². The van der Waals surface area contributed by atoms with Crippen LogP contribution in [0.1, 0.15) is 43.1 Å². The number of aryl methyl sites for hydroxylation is 2. The molecular formula is C22H30N5O2+. The molecule has 2 aromatic heterocycles. The van der Waals surface area contributed by atoms with Gasteiger partial charge in [-0.1, -0.05) is 29.8 Å². The predicted octanol–water partition coefficient (Wildman–Crippen LogP) is 0.748. The van der Waals surface area contributed by atoms with Crippen molar-refractivity contribution in [1.82, 2.24) is 18.7 Å². The van der Waals surface area contributed by atoms with Crippen LogP contribution in [0, 0.1) is 6.92 Å². The first-order valence-corrected chi connectivity index (χ1v) is 10.4. The normalized spacial score (nSPS) is 19.7. The quantitative estimate of drug-likeness (QED) is 0.708. The summed E-state index contributed by atoms with van der Waals surface area (Å²) in [6, 6.07) is 8.92. The second-order valence-electron chi connectivity index (χ2n) is 8.46. The highest BCUT2D eigenvalue weighted by Crippen LogP contribution is 2.15. The Morgan fingerprint density at radius 2 is 1.83 bits per heavy atom. The average molecular weight is 397 g/mol. The van der Waals surface area contributed by atoms with Crippen molar-refractivity contribution < 1.29 is 4.90 Å². The predicted molar refractivity (Wildman–Crippen MR) is 113 cm³/mol. The molecule has 0 radical (unpaired) electrons. The van der Waals surface area contributed by atoms with Gasteiger partial charge in [0.1, 0.15) is 6.54 Å². The molecule has 1 unspecified atom stereocenters. The van der Waals surface area contributed by atoms with Gasteiger partial charge in [0, 0.05) is 20.6 Å². The summed E-state index contributed by atoms with van der Waals surface area (Å²) in [4.78, 5) is 31.8. The molecule has 0 aliphatic carbocycles. The summed E-state index contributed by atoms with van der Waals surface area (Å²) in [5.74, 6) is 0.877. The summed E-state index contributed by atoms with van der Waals surface area (Å²) in [5.41, 5.74) is 2.69. The molecule has 154 valence electrons. The molecule has 7 heteroatoms. The van der Waals surface area contributed by atoms with Gasteiger partial charge >= 0.3 is 5.69 Å². The number of nitrogens with one attached hydrogen (secondary N) is 1. The van der Waals surface area contributed by atoms with E-state index in [-0.39, 0.29) is 11.2 Å². The number of aromatic nitrogens is 4. The van der Waals surface area contributed by atoms with E-state index < -0.39 is 0 Å². The maximum atomic E-state index is 13.0. The molecule has 0 saturated carbocycles. The molecule has 2 atom stereocenters. The number of fused-ring (bicyclic) bond motifs is 1. The number of quaternary nitrogens is 1. The van der Waals surface area contributed by atoms with Gasteiger partial charge < -0.3 is 9.47 Å². The Balaban J connectivity index is 1.87. The van der Waals surface area contributed by atoms with Crippen molar-refractivity contribution in [3.63, 3.8) is 0 Å². The highest BCUT2D eigenvalue weighted by Gasteiger charge is 2.26. The minimum Gasteiger partial charge on any atom is -0.326 e. The summed E-state index contributed by atoms with van der Waals surface area (Å²) in [7, 11) is 3.22. The van der Waals surface area contributed by atoms with E-state index in [2.05, 4.69) is 38.1 Å². The molecule has 3 aromatic rings. The lowest BCUT2D eigenvalue weighted by molar-refractivity contribution is -0.942. The SMILES string of the molecule is Cc1ccc(Cn2c(C[NH+]3CCCC[C@@H]3C)nc3c2c(=O)n(C)c(=O)n3C)cc1. The van der Waals surface area contributed by atoms with Gasteiger partial charge in [-0.15, -0.1) is 0 Å². The number of hydrogen-bond donors (Lipinski definition) is 1. The Hall–Kier alpha value is -2.67. The third kappa shape index (κ3) is 3.55. The number of benzene rings is 1. The van der Waals surface area contributed by atoms with E-state index in [0.717, 1.165) is 24.5 Å². The molecule has 1 aromatic carbocycles. The third-order valence-electron chi connectivity index (χ3n) is 6.36. The van der Waals surface area contributed by atoms with Crippen LogP contribution in [0.25, 0.3) is 11.2 Å². The highest BCUT2D eigenvalue weighted by atomic mass is 16.2. The van der Waals surface area contributed by atoms with Gasteiger partial charge in [-0.3, -0.25) is 13.9 Å². The first-order valence-electron chi connectivity index (χ1n) is 10.4. The second kappa shape index (κ2) is 7.63. The summed E-state index contributed by atoms with van der Waals surface area (Å²) in [6.45, 7) is 6.80. The van der Waals surface area contributed by atoms with Gasteiger partial charge in [-0.25, -0.2) is 9.78 Å². The molecule has 1 aliphatic heterocycles.